The number of fused-ring (bicyclic) bond motifs is 1. The number of aromatic nitrogens is 2. The molecule has 1 N–H and O–H groups in total. The Kier molecular flexibility index (Phi) is 4.65. The van der Waals surface area contributed by atoms with Crippen LogP contribution in [0.25, 0.3) is 10.9 Å². The second-order valence-electron chi connectivity index (χ2n) is 6.55. The van der Waals surface area contributed by atoms with E-state index in [9.17, 15) is 9.59 Å². The molecule has 0 aliphatic carbocycles. The molecule has 0 fully saturated rings. The lowest BCUT2D eigenvalue weighted by molar-refractivity contribution is 0.0505. The van der Waals surface area contributed by atoms with Gasteiger partial charge in [-0.05, 0) is 39.8 Å². The molecular weight excluding hydrogens is 306 g/mol. The number of ether oxygens (including phenoxy) is 1. The van der Waals surface area contributed by atoms with Crippen molar-refractivity contribution in [1.82, 2.24) is 14.9 Å². The number of hydrogen-bond acceptors (Lipinski definition) is 4. The first-order valence-corrected chi connectivity index (χ1v) is 7.60. The summed E-state index contributed by atoms with van der Waals surface area (Å²) in [4.78, 5) is 29.0. The Labute approximate surface area is 140 Å². The molecular formula is C18H21N3O3. The van der Waals surface area contributed by atoms with Gasteiger partial charge in [0.15, 0.2) is 0 Å². The van der Waals surface area contributed by atoms with Crippen LogP contribution in [0.1, 0.15) is 45.1 Å². The zero-order chi connectivity index (χ0) is 18.1. The summed E-state index contributed by atoms with van der Waals surface area (Å²) in [5.74, 6) is 2.93. The topological polar surface area (TPSA) is 73.2 Å². The number of nitrogens with zero attached hydrogens (tertiary/aromatic N) is 2. The summed E-state index contributed by atoms with van der Waals surface area (Å²) in [7, 11) is 1.60. The second kappa shape index (κ2) is 6.36. The molecule has 2 aromatic rings. The van der Waals surface area contributed by atoms with E-state index in [1.165, 1.54) is 4.57 Å². The van der Waals surface area contributed by atoms with Crippen molar-refractivity contribution < 1.29 is 9.53 Å². The number of alkyl carbamates (subject to hydrolysis) is 1. The molecule has 0 unspecified atom stereocenters. The fraction of sp³-hybridized carbons (Fsp3) is 0.389. The van der Waals surface area contributed by atoms with Crippen LogP contribution in [0.3, 0.4) is 0 Å². The van der Waals surface area contributed by atoms with Crippen LogP contribution in [0.5, 0.6) is 0 Å². The molecule has 1 aromatic carbocycles. The zero-order valence-corrected chi connectivity index (χ0v) is 14.5. The SMILES string of the molecule is C#Cc1cccc2nc([C@H](C)NC(=O)OC(C)(C)C)n(C)c(=O)c12. The van der Waals surface area contributed by atoms with Gasteiger partial charge in [0.25, 0.3) is 5.56 Å². The van der Waals surface area contributed by atoms with Gasteiger partial charge >= 0.3 is 6.09 Å². The molecule has 1 amide bonds. The average Bonchev–Trinajstić information content (AvgIpc) is 2.47. The number of amides is 1. The van der Waals surface area contributed by atoms with Crippen molar-refractivity contribution in [3.05, 3.63) is 39.9 Å². The number of carbonyl (C=O) groups excluding carboxylic acids is 1. The van der Waals surface area contributed by atoms with E-state index < -0.39 is 17.7 Å². The zero-order valence-electron chi connectivity index (χ0n) is 14.5. The minimum absolute atomic E-state index is 0.249. The van der Waals surface area contributed by atoms with Crippen LogP contribution in [0.4, 0.5) is 4.79 Å². The van der Waals surface area contributed by atoms with Crippen LogP contribution in [-0.4, -0.2) is 21.2 Å². The number of benzene rings is 1. The predicted octanol–water partition coefficient (Wildman–Crippen LogP) is 2.50. The molecule has 2 rings (SSSR count). The highest BCUT2D eigenvalue weighted by Crippen LogP contribution is 2.16. The van der Waals surface area contributed by atoms with Crippen molar-refractivity contribution in [2.75, 3.05) is 0 Å². The number of rotatable bonds is 2. The van der Waals surface area contributed by atoms with Gasteiger partial charge in [-0.25, -0.2) is 9.78 Å². The van der Waals surface area contributed by atoms with Gasteiger partial charge in [-0.2, -0.15) is 0 Å². The van der Waals surface area contributed by atoms with E-state index in [4.69, 9.17) is 11.2 Å². The van der Waals surface area contributed by atoms with Gasteiger partial charge < -0.3 is 10.1 Å². The molecule has 6 heteroatoms. The lowest BCUT2D eigenvalue weighted by Gasteiger charge is -2.22. The van der Waals surface area contributed by atoms with Gasteiger partial charge in [0.05, 0.1) is 16.9 Å². The summed E-state index contributed by atoms with van der Waals surface area (Å²) < 4.78 is 6.63. The van der Waals surface area contributed by atoms with Gasteiger partial charge in [0.2, 0.25) is 0 Å². The highest BCUT2D eigenvalue weighted by atomic mass is 16.6. The minimum atomic E-state index is -0.603. The highest BCUT2D eigenvalue weighted by molar-refractivity contribution is 5.84. The van der Waals surface area contributed by atoms with E-state index in [0.29, 0.717) is 22.3 Å². The Bertz CT molecular complexity index is 885. The van der Waals surface area contributed by atoms with E-state index in [-0.39, 0.29) is 5.56 Å². The molecule has 1 atom stereocenters. The van der Waals surface area contributed by atoms with Crippen molar-refractivity contribution in [2.24, 2.45) is 7.05 Å². The van der Waals surface area contributed by atoms with Crippen molar-refractivity contribution in [2.45, 2.75) is 39.3 Å². The number of terminal acetylenes is 1. The van der Waals surface area contributed by atoms with Crippen LogP contribution >= 0.6 is 0 Å². The third kappa shape index (κ3) is 3.57. The summed E-state index contributed by atoms with van der Waals surface area (Å²) in [6, 6.07) is 4.67. The van der Waals surface area contributed by atoms with Gasteiger partial charge in [-0.15, -0.1) is 6.42 Å². The largest absolute Gasteiger partial charge is 0.444 e. The fourth-order valence-corrected chi connectivity index (χ4v) is 2.38. The molecule has 0 aliphatic rings. The summed E-state index contributed by atoms with van der Waals surface area (Å²) in [5, 5.41) is 3.09. The Balaban J connectivity index is 2.43. The Morgan fingerprint density at radius 2 is 2.08 bits per heavy atom. The lowest BCUT2D eigenvalue weighted by atomic mass is 10.1. The molecule has 126 valence electrons. The summed E-state index contributed by atoms with van der Waals surface area (Å²) in [6.07, 6.45) is 4.89. The number of hydrogen-bond donors (Lipinski definition) is 1. The molecule has 6 nitrogen and oxygen atoms in total. The molecule has 0 bridgehead atoms. The molecule has 0 spiro atoms. The number of carbonyl (C=O) groups is 1. The van der Waals surface area contributed by atoms with E-state index in [1.807, 2.05) is 0 Å². The van der Waals surface area contributed by atoms with Crippen LogP contribution in [-0.2, 0) is 11.8 Å². The van der Waals surface area contributed by atoms with Gasteiger partial charge in [-0.1, -0.05) is 12.0 Å². The highest BCUT2D eigenvalue weighted by Gasteiger charge is 2.21. The maximum atomic E-state index is 12.6. The van der Waals surface area contributed by atoms with Crippen molar-refractivity contribution in [1.29, 1.82) is 0 Å². The van der Waals surface area contributed by atoms with E-state index in [0.717, 1.165) is 0 Å². The minimum Gasteiger partial charge on any atom is -0.444 e. The van der Waals surface area contributed by atoms with Crippen LogP contribution in [0.15, 0.2) is 23.0 Å². The van der Waals surface area contributed by atoms with Gasteiger partial charge in [-0.3, -0.25) is 9.36 Å². The van der Waals surface area contributed by atoms with E-state index in [2.05, 4.69) is 16.2 Å². The normalized spacial score (nSPS) is 12.5. The predicted molar refractivity (Wildman–Crippen MR) is 92.7 cm³/mol. The first kappa shape index (κ1) is 17.5. The summed E-state index contributed by atoms with van der Waals surface area (Å²) in [6.45, 7) is 7.08. The quantitative estimate of drug-likeness (QED) is 0.860. The second-order valence-corrected chi connectivity index (χ2v) is 6.55. The smallest absolute Gasteiger partial charge is 0.408 e. The van der Waals surface area contributed by atoms with Gasteiger partial charge in [0, 0.05) is 12.6 Å². The third-order valence-electron chi connectivity index (χ3n) is 3.42. The average molecular weight is 327 g/mol. The first-order valence-electron chi connectivity index (χ1n) is 7.60. The Morgan fingerprint density at radius 3 is 2.67 bits per heavy atom. The fourth-order valence-electron chi connectivity index (χ4n) is 2.38. The number of nitrogens with one attached hydrogen (secondary N) is 1. The molecule has 0 saturated carbocycles. The summed E-state index contributed by atoms with van der Waals surface area (Å²) in [5.41, 5.74) is 0.150. The van der Waals surface area contributed by atoms with Crippen molar-refractivity contribution in [3.8, 4) is 12.3 Å². The summed E-state index contributed by atoms with van der Waals surface area (Å²) >= 11 is 0. The van der Waals surface area contributed by atoms with Gasteiger partial charge in [0.1, 0.15) is 11.4 Å². The monoisotopic (exact) mass is 327 g/mol. The van der Waals surface area contributed by atoms with Crippen molar-refractivity contribution in [3.63, 3.8) is 0 Å². The Hall–Kier alpha value is -2.81. The van der Waals surface area contributed by atoms with Crippen LogP contribution in [0.2, 0.25) is 0 Å². The molecule has 0 saturated heterocycles. The lowest BCUT2D eigenvalue weighted by Crippen LogP contribution is -2.36. The standard InChI is InChI=1S/C18H21N3O3/c1-7-12-9-8-10-13-14(12)16(22)21(6)15(20-13)11(2)19-17(23)24-18(3,4)5/h1,8-11H,2-6H3,(H,19,23)/t11-/m0/s1. The molecule has 0 aliphatic heterocycles. The van der Waals surface area contributed by atoms with Crippen LogP contribution < -0.4 is 10.9 Å². The third-order valence-corrected chi connectivity index (χ3v) is 3.42. The molecule has 1 aromatic heterocycles. The molecule has 0 radical (unpaired) electrons. The Morgan fingerprint density at radius 1 is 1.42 bits per heavy atom. The van der Waals surface area contributed by atoms with Crippen LogP contribution in [0, 0.1) is 12.3 Å². The maximum absolute atomic E-state index is 12.6. The van der Waals surface area contributed by atoms with E-state index in [1.54, 1.807) is 52.9 Å². The van der Waals surface area contributed by atoms with Crippen molar-refractivity contribution >= 4 is 17.0 Å². The molecule has 24 heavy (non-hydrogen) atoms. The first-order chi connectivity index (χ1) is 11.1. The van der Waals surface area contributed by atoms with E-state index >= 15 is 0 Å². The maximum Gasteiger partial charge on any atom is 0.408 e. The molecule has 1 heterocycles.